The highest BCUT2D eigenvalue weighted by Gasteiger charge is 2.43. The minimum atomic E-state index is -0.101. The molecule has 0 aromatic heterocycles. The molecule has 5 nitrogen and oxygen atoms in total. The molecule has 5 heteroatoms. The summed E-state index contributed by atoms with van der Waals surface area (Å²) in [5.74, 6) is 0.790. The fourth-order valence-electron chi connectivity index (χ4n) is 4.66. The van der Waals surface area contributed by atoms with E-state index in [9.17, 15) is 4.79 Å². The van der Waals surface area contributed by atoms with Crippen LogP contribution in [0.4, 0.5) is 10.5 Å². The van der Waals surface area contributed by atoms with Crippen LogP contribution in [0, 0.1) is 0 Å². The summed E-state index contributed by atoms with van der Waals surface area (Å²) in [4.78, 5) is 14.1. The molecule has 2 heterocycles. The van der Waals surface area contributed by atoms with E-state index in [1.54, 1.807) is 12.0 Å². The van der Waals surface area contributed by atoms with Crippen LogP contribution in [0.1, 0.15) is 46.0 Å². The molecule has 3 N–H and O–H groups in total. The van der Waals surface area contributed by atoms with Crippen molar-refractivity contribution in [3.63, 3.8) is 0 Å². The topological polar surface area (TPSA) is 54.8 Å². The molecule has 2 amide bonds. The monoisotopic (exact) mass is 332 g/mol. The lowest BCUT2D eigenvalue weighted by Crippen LogP contribution is -3.23. The second-order valence-electron chi connectivity index (χ2n) is 7.47. The molecule has 132 valence electrons. The van der Waals surface area contributed by atoms with Crippen LogP contribution in [0.25, 0.3) is 0 Å². The van der Waals surface area contributed by atoms with Gasteiger partial charge in [-0.05, 0) is 57.4 Å². The predicted octanol–water partition coefficient (Wildman–Crippen LogP) is 2.19. The van der Waals surface area contributed by atoms with Gasteiger partial charge in [0.2, 0.25) is 0 Å². The molecule has 2 bridgehead atoms. The minimum absolute atomic E-state index is 0.101. The number of benzene rings is 1. The molecule has 0 spiro atoms. The van der Waals surface area contributed by atoms with Crippen LogP contribution in [0.15, 0.2) is 24.3 Å². The van der Waals surface area contributed by atoms with Crippen molar-refractivity contribution in [2.24, 2.45) is 0 Å². The Morgan fingerprint density at radius 1 is 1.17 bits per heavy atom. The van der Waals surface area contributed by atoms with Gasteiger partial charge in [0.25, 0.3) is 0 Å². The van der Waals surface area contributed by atoms with Crippen molar-refractivity contribution >= 4 is 11.7 Å². The van der Waals surface area contributed by atoms with Gasteiger partial charge in [-0.15, -0.1) is 0 Å². The lowest BCUT2D eigenvalue weighted by Gasteiger charge is -2.47. The summed E-state index contributed by atoms with van der Waals surface area (Å²) in [7, 11) is 1.64. The average molecular weight is 332 g/mol. The van der Waals surface area contributed by atoms with Crippen molar-refractivity contribution < 1.29 is 14.4 Å². The number of hydrogen-bond acceptors (Lipinski definition) is 2. The fourth-order valence-corrected chi connectivity index (χ4v) is 4.66. The van der Waals surface area contributed by atoms with Crippen LogP contribution in [0.3, 0.4) is 0 Å². The Bertz CT molecular complexity index is 544. The predicted molar refractivity (Wildman–Crippen MR) is 95.7 cm³/mol. The van der Waals surface area contributed by atoms with Crippen LogP contribution in [0.2, 0.25) is 0 Å². The number of piperidine rings is 2. The van der Waals surface area contributed by atoms with Crippen molar-refractivity contribution in [3.05, 3.63) is 24.3 Å². The van der Waals surface area contributed by atoms with Crippen LogP contribution in [-0.2, 0) is 0 Å². The molecule has 1 aromatic carbocycles. The largest absolute Gasteiger partial charge is 0.497 e. The van der Waals surface area contributed by atoms with Crippen molar-refractivity contribution in [1.82, 2.24) is 5.32 Å². The summed E-state index contributed by atoms with van der Waals surface area (Å²) in [5, 5.41) is 6.12. The number of fused-ring (bicyclic) bond motifs is 2. The number of carbonyl (C=O) groups is 1. The number of quaternary nitrogens is 1. The molecule has 0 aliphatic carbocycles. The minimum Gasteiger partial charge on any atom is -0.497 e. The molecule has 2 aliphatic rings. The first-order valence-electron chi connectivity index (χ1n) is 9.15. The van der Waals surface area contributed by atoms with E-state index in [0.29, 0.717) is 24.2 Å². The summed E-state index contributed by atoms with van der Waals surface area (Å²) in [6.07, 6.45) is 6.13. The smallest absolute Gasteiger partial charge is 0.319 e. The van der Waals surface area contributed by atoms with Gasteiger partial charge in [-0.1, -0.05) is 0 Å². The number of nitrogens with one attached hydrogen (secondary N) is 3. The number of ether oxygens (including phenoxy) is 1. The van der Waals surface area contributed by atoms with Crippen molar-refractivity contribution in [2.45, 2.75) is 70.1 Å². The van der Waals surface area contributed by atoms with E-state index in [0.717, 1.165) is 24.3 Å². The summed E-state index contributed by atoms with van der Waals surface area (Å²) in [5.41, 5.74) is 0.790. The number of anilines is 1. The Hall–Kier alpha value is -1.75. The van der Waals surface area contributed by atoms with E-state index >= 15 is 0 Å². The van der Waals surface area contributed by atoms with Gasteiger partial charge in [-0.25, -0.2) is 4.79 Å². The molecule has 2 unspecified atom stereocenters. The third-order valence-corrected chi connectivity index (χ3v) is 5.54. The highest BCUT2D eigenvalue weighted by Crippen LogP contribution is 2.23. The molecule has 2 fully saturated rings. The maximum atomic E-state index is 12.3. The lowest BCUT2D eigenvalue weighted by atomic mass is 9.81. The molecule has 0 saturated carbocycles. The molecule has 3 rings (SSSR count). The van der Waals surface area contributed by atoms with Crippen LogP contribution < -0.4 is 20.3 Å². The van der Waals surface area contributed by atoms with Crippen molar-refractivity contribution in [3.8, 4) is 5.75 Å². The van der Waals surface area contributed by atoms with Gasteiger partial charge in [-0.2, -0.15) is 0 Å². The fraction of sp³-hybridized carbons (Fsp3) is 0.632. The first kappa shape index (κ1) is 17.1. The van der Waals surface area contributed by atoms with Gasteiger partial charge in [0, 0.05) is 24.6 Å². The van der Waals surface area contributed by atoms with E-state index in [1.165, 1.54) is 19.3 Å². The van der Waals surface area contributed by atoms with Gasteiger partial charge in [0.05, 0.1) is 25.2 Å². The number of carbonyl (C=O) groups excluding carboxylic acids is 1. The zero-order chi connectivity index (χ0) is 17.1. The summed E-state index contributed by atoms with van der Waals surface area (Å²) < 4.78 is 5.14. The quantitative estimate of drug-likeness (QED) is 0.792. The second kappa shape index (κ2) is 7.43. The molecular weight excluding hydrogens is 302 g/mol. The highest BCUT2D eigenvalue weighted by atomic mass is 16.5. The number of rotatable bonds is 4. The van der Waals surface area contributed by atoms with Crippen LogP contribution in [0.5, 0.6) is 5.75 Å². The molecule has 2 saturated heterocycles. The van der Waals surface area contributed by atoms with Gasteiger partial charge in [-0.3, -0.25) is 0 Å². The Labute approximate surface area is 144 Å². The van der Waals surface area contributed by atoms with Gasteiger partial charge in [0.1, 0.15) is 5.75 Å². The van der Waals surface area contributed by atoms with E-state index in [1.807, 2.05) is 24.3 Å². The van der Waals surface area contributed by atoms with Crippen molar-refractivity contribution in [1.29, 1.82) is 0 Å². The SMILES string of the molecule is COc1ccc(NC(=O)NC2C[C@H]3CCC[C@@H](C2)[NH+]3C(C)C)cc1. The summed E-state index contributed by atoms with van der Waals surface area (Å²) in [6.45, 7) is 4.65. The maximum Gasteiger partial charge on any atom is 0.319 e. The average Bonchev–Trinajstić information content (AvgIpc) is 2.54. The molecule has 0 radical (unpaired) electrons. The first-order valence-corrected chi connectivity index (χ1v) is 9.15. The van der Waals surface area contributed by atoms with Crippen LogP contribution in [-0.4, -0.2) is 37.3 Å². The molecule has 24 heavy (non-hydrogen) atoms. The van der Waals surface area contributed by atoms with E-state index in [4.69, 9.17) is 4.74 Å². The normalized spacial score (nSPS) is 29.2. The van der Waals surface area contributed by atoms with Gasteiger partial charge in [0.15, 0.2) is 0 Å². The van der Waals surface area contributed by atoms with E-state index < -0.39 is 0 Å². The molecule has 2 aliphatic heterocycles. The summed E-state index contributed by atoms with van der Waals surface area (Å²) >= 11 is 0. The Kier molecular flexibility index (Phi) is 5.29. The van der Waals surface area contributed by atoms with Gasteiger partial charge < -0.3 is 20.3 Å². The Morgan fingerprint density at radius 3 is 2.33 bits per heavy atom. The number of methoxy groups -OCH3 is 1. The second-order valence-corrected chi connectivity index (χ2v) is 7.47. The molecule has 4 atom stereocenters. The maximum absolute atomic E-state index is 12.3. The highest BCUT2D eigenvalue weighted by molar-refractivity contribution is 5.89. The Balaban J connectivity index is 1.55. The number of amides is 2. The van der Waals surface area contributed by atoms with Gasteiger partial charge >= 0.3 is 6.03 Å². The molecule has 1 aromatic rings. The lowest BCUT2D eigenvalue weighted by molar-refractivity contribution is -0.980. The van der Waals surface area contributed by atoms with Crippen LogP contribution >= 0.6 is 0 Å². The zero-order valence-corrected chi connectivity index (χ0v) is 15.0. The zero-order valence-electron chi connectivity index (χ0n) is 15.0. The standard InChI is InChI=1S/C19H29N3O2/c1-13(2)22-16-5-4-6-17(22)12-15(11-16)21-19(23)20-14-7-9-18(24-3)10-8-14/h7-10,13,15-17H,4-6,11-12H2,1-3H3,(H2,20,21,23)/p+1/t15?,16-,17+. The van der Waals surface area contributed by atoms with Crippen molar-refractivity contribution in [2.75, 3.05) is 12.4 Å². The first-order chi connectivity index (χ1) is 11.6. The third kappa shape index (κ3) is 3.83. The van der Waals surface area contributed by atoms with E-state index in [-0.39, 0.29) is 6.03 Å². The van der Waals surface area contributed by atoms with E-state index in [2.05, 4.69) is 24.5 Å². The summed E-state index contributed by atoms with van der Waals surface area (Å²) in [6, 6.07) is 9.69. The number of urea groups is 1. The Morgan fingerprint density at radius 2 is 1.79 bits per heavy atom. The third-order valence-electron chi connectivity index (χ3n) is 5.54. The number of hydrogen-bond donors (Lipinski definition) is 3. The molecular formula is C19H30N3O2+.